The van der Waals surface area contributed by atoms with Crippen LogP contribution in [0, 0.1) is 0 Å². The molecule has 1 aliphatic heterocycles. The van der Waals surface area contributed by atoms with Crippen LogP contribution in [0.4, 0.5) is 5.69 Å². The molecule has 0 saturated carbocycles. The lowest BCUT2D eigenvalue weighted by molar-refractivity contribution is 0.0821. The van der Waals surface area contributed by atoms with Gasteiger partial charge in [0.05, 0.1) is 6.10 Å². The fourth-order valence-corrected chi connectivity index (χ4v) is 2.86. The molecule has 112 valence electrons. The van der Waals surface area contributed by atoms with E-state index in [0.29, 0.717) is 0 Å². The molecule has 0 spiro atoms. The first-order valence-corrected chi connectivity index (χ1v) is 7.88. The van der Waals surface area contributed by atoms with Gasteiger partial charge in [0.2, 0.25) is 0 Å². The monoisotopic (exact) mass is 296 g/mol. The van der Waals surface area contributed by atoms with Crippen molar-refractivity contribution in [3.8, 4) is 0 Å². The van der Waals surface area contributed by atoms with Crippen molar-refractivity contribution in [2.75, 3.05) is 24.6 Å². The van der Waals surface area contributed by atoms with Gasteiger partial charge in [-0.25, -0.2) is 0 Å². The summed E-state index contributed by atoms with van der Waals surface area (Å²) in [7, 11) is 0. The summed E-state index contributed by atoms with van der Waals surface area (Å²) in [4.78, 5) is 2.41. The predicted octanol–water partition coefficient (Wildman–Crippen LogP) is 3.24. The molecule has 2 unspecified atom stereocenters. The fourth-order valence-electron chi connectivity index (χ4n) is 2.67. The minimum absolute atomic E-state index is 0.188. The number of benzene rings is 1. The zero-order valence-corrected chi connectivity index (χ0v) is 13.2. The van der Waals surface area contributed by atoms with Gasteiger partial charge in [0, 0.05) is 36.4 Å². The molecule has 1 saturated heterocycles. The van der Waals surface area contributed by atoms with E-state index in [1.54, 1.807) is 0 Å². The molecule has 0 bridgehead atoms. The number of nitrogens with zero attached hydrogens (tertiary/aromatic N) is 1. The molecule has 2 rings (SSSR count). The molecular weight excluding hydrogens is 272 g/mol. The quantitative estimate of drug-likeness (QED) is 0.927. The molecular formula is C16H25ClN2O. The van der Waals surface area contributed by atoms with E-state index in [-0.39, 0.29) is 12.1 Å². The van der Waals surface area contributed by atoms with Crippen LogP contribution < -0.4 is 10.6 Å². The largest absolute Gasteiger partial charge is 0.377 e. The Balaban J connectivity index is 2.24. The van der Waals surface area contributed by atoms with Crippen LogP contribution >= 0.6 is 11.6 Å². The number of ether oxygens (including phenoxy) is 1. The first kappa shape index (κ1) is 15.6. The molecule has 1 fully saturated rings. The predicted molar refractivity (Wildman–Crippen MR) is 85.7 cm³/mol. The topological polar surface area (TPSA) is 38.5 Å². The normalized spacial score (nSPS) is 21.6. The molecule has 3 nitrogen and oxygen atoms in total. The summed E-state index contributed by atoms with van der Waals surface area (Å²) in [6.07, 6.45) is 3.18. The maximum absolute atomic E-state index is 6.16. The van der Waals surface area contributed by atoms with Gasteiger partial charge in [0.1, 0.15) is 0 Å². The SMILES string of the molecule is CCC(N)Cc1cc(Cl)ccc1N1CCCOC(C)C1. The standard InChI is InChI=1S/C16H25ClN2O/c1-3-15(18)10-13-9-14(17)5-6-16(13)19-7-4-8-20-12(2)11-19/h5-6,9,12,15H,3-4,7-8,10-11,18H2,1-2H3. The summed E-state index contributed by atoms with van der Waals surface area (Å²) in [6.45, 7) is 7.05. The van der Waals surface area contributed by atoms with Gasteiger partial charge in [-0.3, -0.25) is 0 Å². The number of rotatable bonds is 4. The zero-order chi connectivity index (χ0) is 14.5. The Hall–Kier alpha value is -0.770. The molecule has 1 aliphatic rings. The lowest BCUT2D eigenvalue weighted by Gasteiger charge is -2.27. The summed E-state index contributed by atoms with van der Waals surface area (Å²) >= 11 is 6.16. The molecule has 0 aromatic heterocycles. The lowest BCUT2D eigenvalue weighted by Crippen LogP contribution is -2.32. The van der Waals surface area contributed by atoms with E-state index in [4.69, 9.17) is 22.1 Å². The molecule has 1 heterocycles. The van der Waals surface area contributed by atoms with Crippen molar-refractivity contribution in [2.45, 2.75) is 45.3 Å². The summed E-state index contributed by atoms with van der Waals surface area (Å²) in [5.41, 5.74) is 8.64. The van der Waals surface area contributed by atoms with Crippen molar-refractivity contribution in [3.63, 3.8) is 0 Å². The van der Waals surface area contributed by atoms with Crippen LogP contribution in [0.5, 0.6) is 0 Å². The highest BCUT2D eigenvalue weighted by atomic mass is 35.5. The third kappa shape index (κ3) is 4.11. The van der Waals surface area contributed by atoms with Gasteiger partial charge < -0.3 is 15.4 Å². The highest BCUT2D eigenvalue weighted by Crippen LogP contribution is 2.27. The van der Waals surface area contributed by atoms with Gasteiger partial charge >= 0.3 is 0 Å². The highest BCUT2D eigenvalue weighted by Gasteiger charge is 2.18. The summed E-state index contributed by atoms with van der Waals surface area (Å²) in [5.74, 6) is 0. The molecule has 1 aromatic rings. The maximum Gasteiger partial charge on any atom is 0.0721 e. The van der Waals surface area contributed by atoms with Gasteiger partial charge in [0.15, 0.2) is 0 Å². The minimum atomic E-state index is 0.188. The van der Waals surface area contributed by atoms with Gasteiger partial charge in [-0.1, -0.05) is 18.5 Å². The van der Waals surface area contributed by atoms with Gasteiger partial charge in [-0.2, -0.15) is 0 Å². The molecule has 0 amide bonds. The van der Waals surface area contributed by atoms with Crippen LogP contribution in [0.1, 0.15) is 32.3 Å². The van der Waals surface area contributed by atoms with Gasteiger partial charge in [-0.05, 0) is 49.9 Å². The first-order chi connectivity index (χ1) is 9.60. The second kappa shape index (κ2) is 7.30. The number of anilines is 1. The van der Waals surface area contributed by atoms with Crippen molar-refractivity contribution in [3.05, 3.63) is 28.8 Å². The average molecular weight is 297 g/mol. The smallest absolute Gasteiger partial charge is 0.0721 e. The fraction of sp³-hybridized carbons (Fsp3) is 0.625. The number of halogens is 1. The van der Waals surface area contributed by atoms with Crippen LogP contribution in [0.15, 0.2) is 18.2 Å². The molecule has 2 N–H and O–H groups in total. The van der Waals surface area contributed by atoms with E-state index in [9.17, 15) is 0 Å². The lowest BCUT2D eigenvalue weighted by atomic mass is 10.0. The molecule has 2 atom stereocenters. The average Bonchev–Trinajstić information content (AvgIpc) is 2.63. The van der Waals surface area contributed by atoms with E-state index in [0.717, 1.165) is 44.0 Å². The van der Waals surface area contributed by atoms with Crippen molar-refractivity contribution in [2.24, 2.45) is 5.73 Å². The highest BCUT2D eigenvalue weighted by molar-refractivity contribution is 6.30. The Morgan fingerprint density at radius 2 is 2.30 bits per heavy atom. The Kier molecular flexibility index (Phi) is 5.70. The number of hydrogen-bond acceptors (Lipinski definition) is 3. The molecule has 20 heavy (non-hydrogen) atoms. The zero-order valence-electron chi connectivity index (χ0n) is 12.4. The van der Waals surface area contributed by atoms with Gasteiger partial charge in [-0.15, -0.1) is 0 Å². The third-order valence-electron chi connectivity index (χ3n) is 3.84. The Bertz CT molecular complexity index is 438. The van der Waals surface area contributed by atoms with E-state index in [1.165, 1.54) is 11.3 Å². The summed E-state index contributed by atoms with van der Waals surface area (Å²) in [6, 6.07) is 6.34. The maximum atomic E-state index is 6.16. The van der Waals surface area contributed by atoms with Crippen molar-refractivity contribution < 1.29 is 4.74 Å². The third-order valence-corrected chi connectivity index (χ3v) is 4.08. The van der Waals surface area contributed by atoms with Crippen LogP contribution in [0.2, 0.25) is 5.02 Å². The molecule has 0 radical (unpaired) electrons. The Labute approximate surface area is 127 Å². The molecule has 0 aliphatic carbocycles. The number of nitrogens with two attached hydrogens (primary N) is 1. The van der Waals surface area contributed by atoms with Gasteiger partial charge in [0.25, 0.3) is 0 Å². The van der Waals surface area contributed by atoms with Crippen LogP contribution in [-0.4, -0.2) is 31.8 Å². The van der Waals surface area contributed by atoms with Crippen molar-refractivity contribution in [1.29, 1.82) is 0 Å². The van der Waals surface area contributed by atoms with Crippen LogP contribution in [0.3, 0.4) is 0 Å². The van der Waals surface area contributed by atoms with Crippen molar-refractivity contribution in [1.82, 2.24) is 0 Å². The number of hydrogen-bond donors (Lipinski definition) is 1. The second-order valence-electron chi connectivity index (χ2n) is 5.63. The first-order valence-electron chi connectivity index (χ1n) is 7.50. The Morgan fingerprint density at radius 3 is 3.05 bits per heavy atom. The van der Waals surface area contributed by atoms with E-state index in [2.05, 4.69) is 30.9 Å². The molecule has 4 heteroatoms. The Morgan fingerprint density at radius 1 is 1.50 bits per heavy atom. The van der Waals surface area contributed by atoms with E-state index in [1.807, 2.05) is 6.07 Å². The minimum Gasteiger partial charge on any atom is -0.377 e. The summed E-state index contributed by atoms with van der Waals surface area (Å²) < 4.78 is 5.73. The van der Waals surface area contributed by atoms with E-state index >= 15 is 0 Å². The second-order valence-corrected chi connectivity index (χ2v) is 6.06. The van der Waals surface area contributed by atoms with E-state index < -0.39 is 0 Å². The van der Waals surface area contributed by atoms with Crippen LogP contribution in [0.25, 0.3) is 0 Å². The summed E-state index contributed by atoms with van der Waals surface area (Å²) in [5, 5.41) is 0.783. The van der Waals surface area contributed by atoms with Crippen LogP contribution in [-0.2, 0) is 11.2 Å². The molecule has 1 aromatic carbocycles. The van der Waals surface area contributed by atoms with Crippen molar-refractivity contribution >= 4 is 17.3 Å².